The largest absolute Gasteiger partial charge is 0.479 e. The van der Waals surface area contributed by atoms with E-state index in [4.69, 9.17) is 22.1 Å². The van der Waals surface area contributed by atoms with E-state index in [1.165, 1.54) is 0 Å². The maximum absolute atomic E-state index is 6.10. The first-order valence-electron chi connectivity index (χ1n) is 4.17. The van der Waals surface area contributed by atoms with Crippen LogP contribution in [0.5, 0.6) is 0 Å². The summed E-state index contributed by atoms with van der Waals surface area (Å²) < 4.78 is 5.16. The summed E-state index contributed by atoms with van der Waals surface area (Å²) in [5.41, 5.74) is 6.39. The Kier molecular flexibility index (Phi) is 4.85. The van der Waals surface area contributed by atoms with Gasteiger partial charge in [0.1, 0.15) is 0 Å². The van der Waals surface area contributed by atoms with Crippen molar-refractivity contribution in [3.8, 4) is 0 Å². The number of rotatable bonds is 4. The zero-order valence-corrected chi connectivity index (χ0v) is 9.35. The SMILES string of the molecule is CCOC(N)=C(C=NC)C(C)(C)Cl. The number of alkyl halides is 1. The Labute approximate surface area is 84.6 Å². The molecular weight excluding hydrogens is 188 g/mol. The normalized spacial score (nSPS) is 14.5. The van der Waals surface area contributed by atoms with Crippen LogP contribution in [0.2, 0.25) is 0 Å². The minimum absolute atomic E-state index is 0.341. The predicted molar refractivity (Wildman–Crippen MR) is 57.2 cm³/mol. The van der Waals surface area contributed by atoms with Gasteiger partial charge in [-0.2, -0.15) is 0 Å². The number of nitrogens with two attached hydrogens (primary N) is 1. The Balaban J connectivity index is 4.88. The van der Waals surface area contributed by atoms with Crippen molar-refractivity contribution in [2.24, 2.45) is 10.7 Å². The summed E-state index contributed by atoms with van der Waals surface area (Å²) in [6.07, 6.45) is 1.62. The highest BCUT2D eigenvalue weighted by molar-refractivity contribution is 6.27. The fourth-order valence-corrected chi connectivity index (χ4v) is 1.01. The molecule has 0 rings (SSSR count). The molecule has 3 nitrogen and oxygen atoms in total. The number of halogens is 1. The van der Waals surface area contributed by atoms with Gasteiger partial charge in [0.2, 0.25) is 0 Å². The molecule has 0 unspecified atom stereocenters. The number of hydrogen-bond acceptors (Lipinski definition) is 3. The van der Waals surface area contributed by atoms with Gasteiger partial charge < -0.3 is 10.5 Å². The van der Waals surface area contributed by atoms with Gasteiger partial charge in [-0.25, -0.2) is 0 Å². The van der Waals surface area contributed by atoms with Crippen LogP contribution in [-0.2, 0) is 4.74 Å². The molecule has 76 valence electrons. The van der Waals surface area contributed by atoms with Gasteiger partial charge in [0.15, 0.2) is 5.88 Å². The monoisotopic (exact) mass is 204 g/mol. The van der Waals surface area contributed by atoms with Gasteiger partial charge in [0, 0.05) is 18.8 Å². The van der Waals surface area contributed by atoms with E-state index >= 15 is 0 Å². The summed E-state index contributed by atoms with van der Waals surface area (Å²) in [7, 11) is 1.67. The van der Waals surface area contributed by atoms with E-state index in [-0.39, 0.29) is 0 Å². The second-order valence-electron chi connectivity index (χ2n) is 3.07. The van der Waals surface area contributed by atoms with Crippen LogP contribution in [-0.4, -0.2) is 24.7 Å². The van der Waals surface area contributed by atoms with Crippen molar-refractivity contribution in [3.05, 3.63) is 11.5 Å². The summed E-state index contributed by atoms with van der Waals surface area (Å²) in [6.45, 7) is 6.09. The summed E-state index contributed by atoms with van der Waals surface area (Å²) in [4.78, 5) is 3.32. The second-order valence-corrected chi connectivity index (χ2v) is 4.02. The smallest absolute Gasteiger partial charge is 0.190 e. The molecule has 0 aromatic heterocycles. The number of aliphatic imine (C=N–C) groups is 1. The Bertz CT molecular complexity index is 216. The van der Waals surface area contributed by atoms with Crippen molar-refractivity contribution in [1.82, 2.24) is 0 Å². The molecule has 0 aliphatic rings. The third kappa shape index (κ3) is 4.18. The summed E-state index contributed by atoms with van der Waals surface area (Å²) in [5, 5.41) is 0. The minimum Gasteiger partial charge on any atom is -0.479 e. The third-order valence-corrected chi connectivity index (χ3v) is 1.67. The van der Waals surface area contributed by atoms with E-state index in [1.54, 1.807) is 13.3 Å². The van der Waals surface area contributed by atoms with E-state index in [0.29, 0.717) is 18.1 Å². The minimum atomic E-state index is -0.557. The van der Waals surface area contributed by atoms with E-state index in [9.17, 15) is 0 Å². The Morgan fingerprint density at radius 1 is 1.62 bits per heavy atom. The Morgan fingerprint density at radius 3 is 2.46 bits per heavy atom. The molecule has 0 radical (unpaired) electrons. The molecule has 2 N–H and O–H groups in total. The summed E-state index contributed by atoms with van der Waals surface area (Å²) >= 11 is 6.10. The molecule has 0 fully saturated rings. The fraction of sp³-hybridized carbons (Fsp3) is 0.667. The molecule has 13 heavy (non-hydrogen) atoms. The molecule has 0 spiro atoms. The Hall–Kier alpha value is -0.700. The lowest BCUT2D eigenvalue weighted by Gasteiger charge is -2.19. The van der Waals surface area contributed by atoms with Crippen LogP contribution in [0.4, 0.5) is 0 Å². The molecule has 0 atom stereocenters. The zero-order valence-electron chi connectivity index (χ0n) is 8.60. The van der Waals surface area contributed by atoms with Crippen LogP contribution in [0.25, 0.3) is 0 Å². The molecule has 4 heteroatoms. The van der Waals surface area contributed by atoms with Crippen LogP contribution >= 0.6 is 11.6 Å². The van der Waals surface area contributed by atoms with E-state index in [2.05, 4.69) is 4.99 Å². The first-order chi connectivity index (χ1) is 5.93. The quantitative estimate of drug-likeness (QED) is 0.432. The molecule has 0 saturated carbocycles. The average molecular weight is 205 g/mol. The molecular formula is C9H17ClN2O. The zero-order chi connectivity index (χ0) is 10.5. The number of hydrogen-bond donors (Lipinski definition) is 1. The molecule has 0 aliphatic carbocycles. The van der Waals surface area contributed by atoms with Crippen molar-refractivity contribution in [2.75, 3.05) is 13.7 Å². The molecule has 0 aromatic rings. The lowest BCUT2D eigenvalue weighted by Crippen LogP contribution is -2.22. The highest BCUT2D eigenvalue weighted by atomic mass is 35.5. The highest BCUT2D eigenvalue weighted by Gasteiger charge is 2.22. The lowest BCUT2D eigenvalue weighted by atomic mass is 10.0. The molecule has 0 amide bonds. The Morgan fingerprint density at radius 2 is 2.15 bits per heavy atom. The number of ether oxygens (including phenoxy) is 1. The van der Waals surface area contributed by atoms with Gasteiger partial charge in [-0.1, -0.05) is 0 Å². The predicted octanol–water partition coefficient (Wildman–Crippen LogP) is 1.91. The van der Waals surface area contributed by atoms with Crippen molar-refractivity contribution in [1.29, 1.82) is 0 Å². The van der Waals surface area contributed by atoms with Gasteiger partial charge >= 0.3 is 0 Å². The second kappa shape index (κ2) is 5.12. The molecule has 0 aliphatic heterocycles. The van der Waals surface area contributed by atoms with Gasteiger partial charge in [0.25, 0.3) is 0 Å². The van der Waals surface area contributed by atoms with Gasteiger partial charge in [-0.3, -0.25) is 4.99 Å². The van der Waals surface area contributed by atoms with Crippen LogP contribution in [0.3, 0.4) is 0 Å². The van der Waals surface area contributed by atoms with Crippen molar-refractivity contribution in [2.45, 2.75) is 25.6 Å². The van der Waals surface area contributed by atoms with Crippen molar-refractivity contribution >= 4 is 17.8 Å². The first-order valence-corrected chi connectivity index (χ1v) is 4.55. The van der Waals surface area contributed by atoms with E-state index < -0.39 is 4.87 Å². The summed E-state index contributed by atoms with van der Waals surface area (Å²) in [6, 6.07) is 0. The third-order valence-electron chi connectivity index (χ3n) is 1.46. The topological polar surface area (TPSA) is 47.6 Å². The van der Waals surface area contributed by atoms with Crippen LogP contribution in [0.15, 0.2) is 16.4 Å². The standard InChI is InChI=1S/C9H17ClN2O/c1-5-13-8(11)7(6-12-4)9(2,3)10/h6H,5,11H2,1-4H3. The van der Waals surface area contributed by atoms with E-state index in [1.807, 2.05) is 20.8 Å². The molecule has 0 bridgehead atoms. The van der Waals surface area contributed by atoms with Gasteiger partial charge in [-0.15, -0.1) is 11.6 Å². The van der Waals surface area contributed by atoms with Crippen molar-refractivity contribution < 1.29 is 4.74 Å². The summed E-state index contributed by atoms with van der Waals surface area (Å²) in [5.74, 6) is 0.341. The first kappa shape index (κ1) is 12.3. The lowest BCUT2D eigenvalue weighted by molar-refractivity contribution is 0.222. The highest BCUT2D eigenvalue weighted by Crippen LogP contribution is 2.24. The van der Waals surface area contributed by atoms with Gasteiger partial charge in [-0.05, 0) is 20.8 Å². The maximum Gasteiger partial charge on any atom is 0.190 e. The number of allylic oxidation sites excluding steroid dienone is 1. The van der Waals surface area contributed by atoms with Gasteiger partial charge in [0.05, 0.1) is 11.5 Å². The molecule has 0 heterocycles. The van der Waals surface area contributed by atoms with Crippen LogP contribution in [0.1, 0.15) is 20.8 Å². The molecule has 0 saturated heterocycles. The number of nitrogens with zero attached hydrogens (tertiary/aromatic N) is 1. The molecule has 0 aromatic carbocycles. The van der Waals surface area contributed by atoms with Crippen LogP contribution < -0.4 is 5.73 Å². The maximum atomic E-state index is 6.10. The fourth-order valence-electron chi connectivity index (χ4n) is 0.872. The van der Waals surface area contributed by atoms with Crippen molar-refractivity contribution in [3.63, 3.8) is 0 Å². The van der Waals surface area contributed by atoms with E-state index in [0.717, 1.165) is 0 Å². The average Bonchev–Trinajstić information content (AvgIpc) is 1.98. The van der Waals surface area contributed by atoms with Crippen LogP contribution in [0, 0.1) is 0 Å².